The van der Waals surface area contributed by atoms with E-state index < -0.39 is 0 Å². The molecule has 2 aromatic rings. The summed E-state index contributed by atoms with van der Waals surface area (Å²) in [4.78, 5) is 4.76. The lowest BCUT2D eigenvalue weighted by atomic mass is 9.94. The standard InChI is InChI=1S/C15H21N2/c1-8-9(2)11(4)15-14(10(8)3)12(5)17(7)13(6)16-15/h1-7H3/q+1. The Bertz CT molecular complexity index is 617. The average Bonchev–Trinajstić information content (AvgIpc) is 2.30. The lowest BCUT2D eigenvalue weighted by molar-refractivity contribution is -0.685. The van der Waals surface area contributed by atoms with Crippen molar-refractivity contribution in [1.29, 1.82) is 0 Å². The Morgan fingerprint density at radius 3 is 1.88 bits per heavy atom. The zero-order valence-corrected chi connectivity index (χ0v) is 11.9. The molecule has 1 heterocycles. The maximum Gasteiger partial charge on any atom is 0.295 e. The minimum atomic E-state index is 1.07. The number of fused-ring (bicyclic) bond motifs is 1. The molecule has 0 bridgehead atoms. The zero-order valence-electron chi connectivity index (χ0n) is 11.9. The molecule has 0 fully saturated rings. The van der Waals surface area contributed by atoms with Crippen LogP contribution in [0.25, 0.3) is 10.9 Å². The van der Waals surface area contributed by atoms with Crippen LogP contribution in [0.2, 0.25) is 0 Å². The number of hydrogen-bond acceptors (Lipinski definition) is 1. The van der Waals surface area contributed by atoms with Crippen molar-refractivity contribution in [3.8, 4) is 0 Å². The molecule has 0 N–H and O–H groups in total. The van der Waals surface area contributed by atoms with E-state index in [4.69, 9.17) is 4.98 Å². The van der Waals surface area contributed by atoms with Crippen LogP contribution in [0, 0.1) is 41.5 Å². The molecule has 0 aliphatic rings. The maximum absolute atomic E-state index is 4.76. The van der Waals surface area contributed by atoms with E-state index in [-0.39, 0.29) is 0 Å². The van der Waals surface area contributed by atoms with Gasteiger partial charge in [0, 0.05) is 12.5 Å². The molecule has 2 rings (SSSR count). The summed E-state index contributed by atoms with van der Waals surface area (Å²) in [5, 5.41) is 1.32. The Balaban J connectivity index is 3.12. The highest BCUT2D eigenvalue weighted by Crippen LogP contribution is 2.28. The van der Waals surface area contributed by atoms with Gasteiger partial charge in [-0.05, 0) is 56.3 Å². The minimum absolute atomic E-state index is 1.07. The van der Waals surface area contributed by atoms with Gasteiger partial charge in [-0.3, -0.25) is 0 Å². The largest absolute Gasteiger partial charge is 0.295 e. The highest BCUT2D eigenvalue weighted by molar-refractivity contribution is 5.88. The first-order valence-electron chi connectivity index (χ1n) is 6.09. The molecular formula is C15H21N2+. The molecular weight excluding hydrogens is 208 g/mol. The highest BCUT2D eigenvalue weighted by Gasteiger charge is 2.20. The van der Waals surface area contributed by atoms with Gasteiger partial charge in [-0.15, -0.1) is 0 Å². The normalized spacial score (nSPS) is 11.2. The first-order valence-corrected chi connectivity index (χ1v) is 6.09. The SMILES string of the molecule is Cc1c(C)c(C)c2c(C)[n+](C)c(C)nc2c1C. The Labute approximate surface area is 103 Å². The Morgan fingerprint density at radius 1 is 0.765 bits per heavy atom. The van der Waals surface area contributed by atoms with Gasteiger partial charge in [0.2, 0.25) is 0 Å². The van der Waals surface area contributed by atoms with Crippen LogP contribution >= 0.6 is 0 Å². The van der Waals surface area contributed by atoms with Gasteiger partial charge in [0.15, 0.2) is 5.52 Å². The number of benzene rings is 1. The van der Waals surface area contributed by atoms with Gasteiger partial charge in [0.25, 0.3) is 5.82 Å². The lowest BCUT2D eigenvalue weighted by Gasteiger charge is -2.13. The number of nitrogens with zero attached hydrogens (tertiary/aromatic N) is 2. The van der Waals surface area contributed by atoms with E-state index in [1.165, 1.54) is 38.9 Å². The molecule has 1 aromatic heterocycles. The van der Waals surface area contributed by atoms with Crippen LogP contribution < -0.4 is 4.57 Å². The van der Waals surface area contributed by atoms with Gasteiger partial charge in [-0.1, -0.05) is 0 Å². The molecule has 0 aliphatic heterocycles. The van der Waals surface area contributed by atoms with Crippen LogP contribution in [0.4, 0.5) is 0 Å². The van der Waals surface area contributed by atoms with E-state index in [0.717, 1.165) is 5.82 Å². The molecule has 0 spiro atoms. The van der Waals surface area contributed by atoms with Crippen molar-refractivity contribution in [2.75, 3.05) is 0 Å². The summed E-state index contributed by atoms with van der Waals surface area (Å²) in [6, 6.07) is 0. The lowest BCUT2D eigenvalue weighted by Crippen LogP contribution is -2.37. The molecule has 0 atom stereocenters. The fraction of sp³-hybridized carbons (Fsp3) is 0.467. The van der Waals surface area contributed by atoms with Crippen molar-refractivity contribution in [1.82, 2.24) is 4.98 Å². The molecule has 0 amide bonds. The molecule has 0 unspecified atom stereocenters. The van der Waals surface area contributed by atoms with Crippen LogP contribution in [-0.2, 0) is 7.05 Å². The fourth-order valence-electron chi connectivity index (χ4n) is 2.52. The van der Waals surface area contributed by atoms with Crippen LogP contribution in [0.15, 0.2) is 0 Å². The fourth-order valence-corrected chi connectivity index (χ4v) is 2.52. The molecule has 0 saturated carbocycles. The minimum Gasteiger partial charge on any atom is -0.234 e. The summed E-state index contributed by atoms with van der Waals surface area (Å²) in [6.45, 7) is 13.0. The van der Waals surface area contributed by atoms with Gasteiger partial charge in [0.05, 0.1) is 12.4 Å². The zero-order chi connectivity index (χ0) is 12.9. The second-order valence-electron chi connectivity index (χ2n) is 5.03. The van der Waals surface area contributed by atoms with Crippen molar-refractivity contribution >= 4 is 10.9 Å². The number of aromatic nitrogens is 2. The van der Waals surface area contributed by atoms with Crippen LogP contribution in [0.5, 0.6) is 0 Å². The Hall–Kier alpha value is -1.44. The summed E-state index contributed by atoms with van der Waals surface area (Å²) in [6.07, 6.45) is 0. The predicted octanol–water partition coefficient (Wildman–Crippen LogP) is 2.91. The maximum atomic E-state index is 4.76. The molecule has 90 valence electrons. The third-order valence-corrected chi connectivity index (χ3v) is 4.28. The Kier molecular flexibility index (Phi) is 2.69. The predicted molar refractivity (Wildman–Crippen MR) is 71.3 cm³/mol. The van der Waals surface area contributed by atoms with Crippen molar-refractivity contribution in [2.45, 2.75) is 41.5 Å². The van der Waals surface area contributed by atoms with Crippen molar-refractivity contribution in [2.24, 2.45) is 7.05 Å². The number of aryl methyl sites for hydroxylation is 4. The van der Waals surface area contributed by atoms with E-state index in [2.05, 4.69) is 53.2 Å². The molecule has 0 radical (unpaired) electrons. The van der Waals surface area contributed by atoms with Crippen LogP contribution in [0.1, 0.15) is 33.8 Å². The summed E-state index contributed by atoms with van der Waals surface area (Å²) in [5.74, 6) is 1.07. The third-order valence-electron chi connectivity index (χ3n) is 4.28. The highest BCUT2D eigenvalue weighted by atomic mass is 15.0. The molecule has 0 saturated heterocycles. The monoisotopic (exact) mass is 229 g/mol. The molecule has 2 heteroatoms. The molecule has 17 heavy (non-hydrogen) atoms. The molecule has 1 aromatic carbocycles. The van der Waals surface area contributed by atoms with Gasteiger partial charge in [0.1, 0.15) is 5.69 Å². The van der Waals surface area contributed by atoms with Gasteiger partial charge < -0.3 is 0 Å². The van der Waals surface area contributed by atoms with Crippen molar-refractivity contribution < 1.29 is 4.57 Å². The quantitative estimate of drug-likeness (QED) is 0.635. The van der Waals surface area contributed by atoms with Gasteiger partial charge in [-0.25, -0.2) is 4.57 Å². The third kappa shape index (κ3) is 1.54. The van der Waals surface area contributed by atoms with Crippen molar-refractivity contribution in [3.63, 3.8) is 0 Å². The first kappa shape index (κ1) is 12.0. The van der Waals surface area contributed by atoms with Crippen molar-refractivity contribution in [3.05, 3.63) is 33.8 Å². The summed E-state index contributed by atoms with van der Waals surface area (Å²) < 4.78 is 2.17. The molecule has 0 aliphatic carbocycles. The molecule has 2 nitrogen and oxygen atoms in total. The summed E-state index contributed by atoms with van der Waals surface area (Å²) in [7, 11) is 2.08. The van der Waals surface area contributed by atoms with Crippen LogP contribution in [0.3, 0.4) is 0 Å². The van der Waals surface area contributed by atoms with Crippen LogP contribution in [-0.4, -0.2) is 4.98 Å². The Morgan fingerprint density at radius 2 is 1.29 bits per heavy atom. The van der Waals surface area contributed by atoms with Gasteiger partial charge >= 0.3 is 0 Å². The van der Waals surface area contributed by atoms with E-state index in [0.29, 0.717) is 0 Å². The number of hydrogen-bond donors (Lipinski definition) is 0. The average molecular weight is 229 g/mol. The smallest absolute Gasteiger partial charge is 0.234 e. The van der Waals surface area contributed by atoms with E-state index in [1.54, 1.807) is 0 Å². The summed E-state index contributed by atoms with van der Waals surface area (Å²) in [5.41, 5.74) is 7.91. The van der Waals surface area contributed by atoms with Gasteiger partial charge in [-0.2, -0.15) is 0 Å². The van der Waals surface area contributed by atoms with E-state index >= 15 is 0 Å². The first-order chi connectivity index (χ1) is 7.86. The van der Waals surface area contributed by atoms with E-state index in [1.807, 2.05) is 0 Å². The topological polar surface area (TPSA) is 16.8 Å². The number of rotatable bonds is 0. The summed E-state index contributed by atoms with van der Waals surface area (Å²) >= 11 is 0. The van der Waals surface area contributed by atoms with E-state index in [9.17, 15) is 0 Å². The second kappa shape index (κ2) is 3.80. The second-order valence-corrected chi connectivity index (χ2v) is 5.03.